The van der Waals surface area contributed by atoms with Gasteiger partial charge in [-0.1, -0.05) is 30.0 Å². The molecule has 1 N–H and O–H groups in total. The summed E-state index contributed by atoms with van der Waals surface area (Å²) in [6, 6.07) is 10.7. The van der Waals surface area contributed by atoms with Gasteiger partial charge in [-0.15, -0.1) is 11.3 Å². The first-order valence-electron chi connectivity index (χ1n) is 8.44. The molecular weight excluding hydrogens is 404 g/mol. The topological polar surface area (TPSA) is 42.0 Å². The maximum Gasteiger partial charge on any atom is 0.416 e. The maximum atomic E-state index is 13.3. The minimum Gasteiger partial charge on any atom is -0.345 e. The highest BCUT2D eigenvalue weighted by atomic mass is 32.1. The van der Waals surface area contributed by atoms with Crippen molar-refractivity contribution in [2.24, 2.45) is 0 Å². The number of nitrogens with one attached hydrogen (secondary N) is 1. The summed E-state index contributed by atoms with van der Waals surface area (Å²) >= 11 is 1.30. The van der Waals surface area contributed by atoms with Gasteiger partial charge in [-0.25, -0.2) is 9.37 Å². The van der Waals surface area contributed by atoms with Crippen molar-refractivity contribution in [2.45, 2.75) is 12.6 Å². The molecule has 148 valence electrons. The highest BCUT2D eigenvalue weighted by molar-refractivity contribution is 7.13. The summed E-state index contributed by atoms with van der Waals surface area (Å²) in [7, 11) is 0. The van der Waals surface area contributed by atoms with Gasteiger partial charge in [-0.3, -0.25) is 4.79 Å². The molecule has 0 aliphatic heterocycles. The van der Waals surface area contributed by atoms with Gasteiger partial charge in [0.15, 0.2) is 0 Å². The van der Waals surface area contributed by atoms with Crippen LogP contribution in [0.1, 0.15) is 16.8 Å². The molecule has 0 spiro atoms. The Morgan fingerprint density at radius 1 is 1.14 bits per heavy atom. The Balaban J connectivity index is 1.53. The van der Waals surface area contributed by atoms with Crippen molar-refractivity contribution in [1.82, 2.24) is 10.3 Å². The van der Waals surface area contributed by atoms with Gasteiger partial charge in [0.05, 0.1) is 24.2 Å². The first-order valence-corrected chi connectivity index (χ1v) is 9.32. The standard InChI is InChI=1S/C21H14F4N2OS/c22-17-8-2-6-15(11-17)20-27-18(13-29-20)12-19(28)26-9-3-5-14-4-1-7-16(10-14)21(23,24)25/h1-2,4,6-8,10-11,13H,9,12H2,(H,26,28). The van der Waals surface area contributed by atoms with Gasteiger partial charge < -0.3 is 5.32 Å². The van der Waals surface area contributed by atoms with E-state index < -0.39 is 11.7 Å². The molecule has 3 rings (SSSR count). The number of benzene rings is 2. The number of rotatable bonds is 4. The van der Waals surface area contributed by atoms with Crippen molar-refractivity contribution in [3.63, 3.8) is 0 Å². The minimum absolute atomic E-state index is 0.00400. The number of carbonyl (C=O) groups excluding carboxylic acids is 1. The van der Waals surface area contributed by atoms with E-state index in [1.54, 1.807) is 17.5 Å². The second kappa shape index (κ2) is 8.88. The zero-order chi connectivity index (χ0) is 20.9. The third-order valence-electron chi connectivity index (χ3n) is 3.76. The number of halogens is 4. The van der Waals surface area contributed by atoms with E-state index in [1.165, 1.54) is 35.6 Å². The Bertz CT molecular complexity index is 1080. The molecule has 0 radical (unpaired) electrons. The number of aromatic nitrogens is 1. The summed E-state index contributed by atoms with van der Waals surface area (Å²) in [5.74, 6) is 4.53. The summed E-state index contributed by atoms with van der Waals surface area (Å²) in [6.45, 7) is -0.00400. The lowest BCUT2D eigenvalue weighted by Crippen LogP contribution is -2.25. The summed E-state index contributed by atoms with van der Waals surface area (Å²) in [5.41, 5.74) is 0.616. The highest BCUT2D eigenvalue weighted by Crippen LogP contribution is 2.29. The largest absolute Gasteiger partial charge is 0.416 e. The van der Waals surface area contributed by atoms with Crippen molar-refractivity contribution < 1.29 is 22.4 Å². The van der Waals surface area contributed by atoms with Crippen LogP contribution in [-0.4, -0.2) is 17.4 Å². The number of amides is 1. The first-order chi connectivity index (χ1) is 13.8. The lowest BCUT2D eigenvalue weighted by Gasteiger charge is -2.05. The minimum atomic E-state index is -4.43. The zero-order valence-electron chi connectivity index (χ0n) is 14.9. The molecule has 0 unspecified atom stereocenters. The van der Waals surface area contributed by atoms with Crippen molar-refractivity contribution >= 4 is 17.2 Å². The van der Waals surface area contributed by atoms with E-state index in [-0.39, 0.29) is 30.3 Å². The van der Waals surface area contributed by atoms with Gasteiger partial charge >= 0.3 is 6.18 Å². The average molecular weight is 418 g/mol. The van der Waals surface area contributed by atoms with Gasteiger partial charge in [0.2, 0.25) is 5.91 Å². The van der Waals surface area contributed by atoms with Gasteiger partial charge in [-0.05, 0) is 30.3 Å². The molecule has 1 amide bonds. The molecule has 0 atom stereocenters. The third kappa shape index (κ3) is 5.90. The molecule has 3 aromatic rings. The number of hydrogen-bond donors (Lipinski definition) is 1. The first kappa shape index (κ1) is 20.6. The van der Waals surface area contributed by atoms with E-state index in [0.29, 0.717) is 16.3 Å². The molecule has 0 bridgehead atoms. The van der Waals surface area contributed by atoms with Crippen LogP contribution in [0.25, 0.3) is 10.6 Å². The fraction of sp³-hybridized carbons (Fsp3) is 0.143. The van der Waals surface area contributed by atoms with Gasteiger partial charge in [-0.2, -0.15) is 13.2 Å². The lowest BCUT2D eigenvalue weighted by atomic mass is 10.1. The quantitative estimate of drug-likeness (QED) is 0.494. The Kier molecular flexibility index (Phi) is 6.29. The SMILES string of the molecule is O=C(Cc1csc(-c2cccc(F)c2)n1)NCC#Cc1cccc(C(F)(F)F)c1. The second-order valence-electron chi connectivity index (χ2n) is 5.99. The maximum absolute atomic E-state index is 13.3. The second-order valence-corrected chi connectivity index (χ2v) is 6.85. The molecule has 0 saturated carbocycles. The monoisotopic (exact) mass is 418 g/mol. The fourth-order valence-electron chi connectivity index (χ4n) is 2.43. The van der Waals surface area contributed by atoms with Crippen LogP contribution in [0, 0.1) is 17.7 Å². The number of nitrogens with zero attached hydrogens (tertiary/aromatic N) is 1. The molecule has 1 heterocycles. The normalized spacial score (nSPS) is 10.9. The Morgan fingerprint density at radius 2 is 1.93 bits per heavy atom. The predicted octanol–water partition coefficient (Wildman–Crippen LogP) is 4.68. The fourth-order valence-corrected chi connectivity index (χ4v) is 3.25. The van der Waals surface area contributed by atoms with Crippen LogP contribution in [0.4, 0.5) is 17.6 Å². The summed E-state index contributed by atoms with van der Waals surface area (Å²) < 4.78 is 51.3. The van der Waals surface area contributed by atoms with Crippen molar-refractivity contribution in [3.05, 3.63) is 76.5 Å². The molecule has 0 saturated heterocycles. The molecule has 3 nitrogen and oxygen atoms in total. The average Bonchev–Trinajstić information content (AvgIpc) is 3.13. The van der Waals surface area contributed by atoms with Crippen LogP contribution < -0.4 is 5.32 Å². The van der Waals surface area contributed by atoms with E-state index in [9.17, 15) is 22.4 Å². The van der Waals surface area contributed by atoms with Crippen LogP contribution in [0.5, 0.6) is 0 Å². The Morgan fingerprint density at radius 3 is 2.69 bits per heavy atom. The molecule has 2 aromatic carbocycles. The Hall–Kier alpha value is -3.18. The summed E-state index contributed by atoms with van der Waals surface area (Å²) in [6.07, 6.45) is -4.40. The van der Waals surface area contributed by atoms with E-state index in [2.05, 4.69) is 22.1 Å². The highest BCUT2D eigenvalue weighted by Gasteiger charge is 2.30. The number of carbonyl (C=O) groups is 1. The number of hydrogen-bond acceptors (Lipinski definition) is 3. The molecule has 1 aromatic heterocycles. The third-order valence-corrected chi connectivity index (χ3v) is 4.70. The number of thiazole rings is 1. The van der Waals surface area contributed by atoms with Crippen LogP contribution in [-0.2, 0) is 17.4 Å². The molecule has 8 heteroatoms. The van der Waals surface area contributed by atoms with Gasteiger partial charge in [0.1, 0.15) is 10.8 Å². The molecule has 0 fully saturated rings. The molecule has 0 aliphatic carbocycles. The van der Waals surface area contributed by atoms with Gasteiger partial charge in [0, 0.05) is 16.5 Å². The van der Waals surface area contributed by atoms with Crippen molar-refractivity contribution in [1.29, 1.82) is 0 Å². The van der Waals surface area contributed by atoms with E-state index in [1.807, 2.05) is 0 Å². The summed E-state index contributed by atoms with van der Waals surface area (Å²) in [5, 5.41) is 4.90. The van der Waals surface area contributed by atoms with Crippen LogP contribution in [0.15, 0.2) is 53.9 Å². The van der Waals surface area contributed by atoms with Crippen molar-refractivity contribution in [3.8, 4) is 22.4 Å². The predicted molar refractivity (Wildman–Crippen MR) is 103 cm³/mol. The van der Waals surface area contributed by atoms with Crippen LogP contribution in [0.3, 0.4) is 0 Å². The number of alkyl halides is 3. The van der Waals surface area contributed by atoms with E-state index in [0.717, 1.165) is 12.1 Å². The molecule has 0 aliphatic rings. The van der Waals surface area contributed by atoms with E-state index >= 15 is 0 Å². The Labute approximate surface area is 168 Å². The smallest absolute Gasteiger partial charge is 0.345 e. The van der Waals surface area contributed by atoms with Gasteiger partial charge in [0.25, 0.3) is 0 Å². The van der Waals surface area contributed by atoms with Crippen LogP contribution in [0.2, 0.25) is 0 Å². The molecule has 29 heavy (non-hydrogen) atoms. The van der Waals surface area contributed by atoms with Crippen molar-refractivity contribution in [2.75, 3.05) is 6.54 Å². The zero-order valence-corrected chi connectivity index (χ0v) is 15.7. The lowest BCUT2D eigenvalue weighted by molar-refractivity contribution is -0.137. The van der Waals surface area contributed by atoms with E-state index in [4.69, 9.17) is 0 Å². The van der Waals surface area contributed by atoms with Crippen LogP contribution >= 0.6 is 11.3 Å². The summed E-state index contributed by atoms with van der Waals surface area (Å²) in [4.78, 5) is 16.3. The molecular formula is C21H14F4N2OS.